The molecular weight excluding hydrogens is 240 g/mol. The second-order valence-corrected chi connectivity index (χ2v) is 7.35. The van der Waals surface area contributed by atoms with Crippen LogP contribution >= 0.6 is 0 Å². The van der Waals surface area contributed by atoms with Gasteiger partial charge in [-0.3, -0.25) is 0 Å². The first-order chi connectivity index (χ1) is 8.84. The summed E-state index contributed by atoms with van der Waals surface area (Å²) in [4.78, 5) is 14.0. The quantitative estimate of drug-likeness (QED) is 0.795. The van der Waals surface area contributed by atoms with E-state index in [1.54, 1.807) is 0 Å². The molecule has 1 saturated heterocycles. The maximum Gasteiger partial charge on any atom is 0.410 e. The van der Waals surface area contributed by atoms with Crippen LogP contribution in [0.5, 0.6) is 0 Å². The van der Waals surface area contributed by atoms with Gasteiger partial charge in [-0.2, -0.15) is 0 Å². The predicted octanol–water partition coefficient (Wildman–Crippen LogP) is 2.76. The van der Waals surface area contributed by atoms with Gasteiger partial charge in [0.1, 0.15) is 5.60 Å². The van der Waals surface area contributed by atoms with Crippen molar-refractivity contribution in [2.75, 3.05) is 19.6 Å². The Bertz CT molecular complexity index is 338. The van der Waals surface area contributed by atoms with Crippen molar-refractivity contribution in [1.82, 2.24) is 4.90 Å². The molecule has 2 N–H and O–H groups in total. The predicted molar refractivity (Wildman–Crippen MR) is 75.9 cm³/mol. The lowest BCUT2D eigenvalue weighted by Gasteiger charge is -2.37. The average molecular weight is 268 g/mol. The van der Waals surface area contributed by atoms with Crippen LogP contribution in [0.1, 0.15) is 52.9 Å². The fourth-order valence-electron chi connectivity index (χ4n) is 3.57. The summed E-state index contributed by atoms with van der Waals surface area (Å²) < 4.78 is 5.47. The third-order valence-corrected chi connectivity index (χ3v) is 4.46. The molecule has 1 amide bonds. The zero-order valence-electron chi connectivity index (χ0n) is 12.6. The van der Waals surface area contributed by atoms with Gasteiger partial charge in [0.15, 0.2) is 0 Å². The zero-order valence-corrected chi connectivity index (χ0v) is 12.6. The van der Waals surface area contributed by atoms with Crippen molar-refractivity contribution in [3.05, 3.63) is 0 Å². The third kappa shape index (κ3) is 3.62. The first kappa shape index (κ1) is 14.6. The van der Waals surface area contributed by atoms with Gasteiger partial charge in [-0.15, -0.1) is 0 Å². The summed E-state index contributed by atoms with van der Waals surface area (Å²) in [5, 5.41) is 0. The highest BCUT2D eigenvalue weighted by Crippen LogP contribution is 2.45. The van der Waals surface area contributed by atoms with Crippen LogP contribution in [-0.2, 0) is 4.74 Å². The van der Waals surface area contributed by atoms with Gasteiger partial charge in [-0.1, -0.05) is 6.42 Å². The molecule has 2 atom stereocenters. The highest BCUT2D eigenvalue weighted by molar-refractivity contribution is 5.68. The molecule has 2 aliphatic rings. The van der Waals surface area contributed by atoms with Gasteiger partial charge in [-0.25, -0.2) is 4.79 Å². The summed E-state index contributed by atoms with van der Waals surface area (Å²) >= 11 is 0. The van der Waals surface area contributed by atoms with Crippen LogP contribution in [0.25, 0.3) is 0 Å². The van der Waals surface area contributed by atoms with E-state index in [9.17, 15) is 4.79 Å². The van der Waals surface area contributed by atoms with E-state index in [0.717, 1.165) is 26.1 Å². The molecule has 0 radical (unpaired) electrons. The Kier molecular flexibility index (Phi) is 4.09. The van der Waals surface area contributed by atoms with Crippen molar-refractivity contribution in [3.8, 4) is 0 Å². The number of carbonyl (C=O) groups is 1. The van der Waals surface area contributed by atoms with Gasteiger partial charge in [0.2, 0.25) is 0 Å². The molecule has 4 nitrogen and oxygen atoms in total. The molecule has 0 aromatic rings. The number of rotatable bonds is 1. The standard InChI is InChI=1S/C15H28N2O2/c1-14(2,3)19-13(18)17-8-7-15(11-17)6-4-5-12(9-15)10-16/h12H,4-11,16H2,1-3H3. The summed E-state index contributed by atoms with van der Waals surface area (Å²) in [5.41, 5.74) is 5.74. The minimum absolute atomic E-state index is 0.153. The Morgan fingerprint density at radius 3 is 2.79 bits per heavy atom. The van der Waals surface area contributed by atoms with Crippen LogP contribution in [0.3, 0.4) is 0 Å². The number of hydrogen-bond acceptors (Lipinski definition) is 3. The van der Waals surface area contributed by atoms with E-state index < -0.39 is 5.60 Å². The van der Waals surface area contributed by atoms with Crippen LogP contribution in [0.2, 0.25) is 0 Å². The first-order valence-electron chi connectivity index (χ1n) is 7.52. The minimum Gasteiger partial charge on any atom is -0.444 e. The molecule has 1 saturated carbocycles. The topological polar surface area (TPSA) is 55.6 Å². The lowest BCUT2D eigenvalue weighted by Crippen LogP contribution is -2.39. The van der Waals surface area contributed by atoms with E-state index >= 15 is 0 Å². The van der Waals surface area contributed by atoms with E-state index in [2.05, 4.69) is 0 Å². The van der Waals surface area contributed by atoms with E-state index in [0.29, 0.717) is 11.3 Å². The lowest BCUT2D eigenvalue weighted by atomic mass is 9.69. The van der Waals surface area contributed by atoms with E-state index in [1.807, 2.05) is 25.7 Å². The molecule has 19 heavy (non-hydrogen) atoms. The number of nitrogens with zero attached hydrogens (tertiary/aromatic N) is 1. The van der Waals surface area contributed by atoms with Gasteiger partial charge in [0.25, 0.3) is 0 Å². The van der Waals surface area contributed by atoms with Crippen LogP contribution < -0.4 is 5.73 Å². The Hall–Kier alpha value is -0.770. The molecule has 0 aromatic carbocycles. The average Bonchev–Trinajstić information content (AvgIpc) is 2.71. The molecule has 1 spiro atoms. The molecule has 2 rings (SSSR count). The smallest absolute Gasteiger partial charge is 0.410 e. The fourth-order valence-corrected chi connectivity index (χ4v) is 3.57. The van der Waals surface area contributed by atoms with Crippen molar-refractivity contribution < 1.29 is 9.53 Å². The lowest BCUT2D eigenvalue weighted by molar-refractivity contribution is 0.0254. The van der Waals surface area contributed by atoms with E-state index in [4.69, 9.17) is 10.5 Å². The summed E-state index contributed by atoms with van der Waals surface area (Å²) in [7, 11) is 0. The zero-order chi connectivity index (χ0) is 14.1. The second kappa shape index (κ2) is 5.31. The maximum absolute atomic E-state index is 12.1. The third-order valence-electron chi connectivity index (χ3n) is 4.46. The number of likely N-dealkylation sites (tertiary alicyclic amines) is 1. The van der Waals surface area contributed by atoms with Gasteiger partial charge in [0.05, 0.1) is 0 Å². The fraction of sp³-hybridized carbons (Fsp3) is 0.933. The molecule has 1 aliphatic carbocycles. The van der Waals surface area contributed by atoms with E-state index in [-0.39, 0.29) is 6.09 Å². The highest BCUT2D eigenvalue weighted by atomic mass is 16.6. The van der Waals surface area contributed by atoms with Crippen molar-refractivity contribution in [1.29, 1.82) is 0 Å². The van der Waals surface area contributed by atoms with Crippen molar-refractivity contribution >= 4 is 6.09 Å². The SMILES string of the molecule is CC(C)(C)OC(=O)N1CCC2(CCCC(CN)C2)C1. The number of nitrogens with two attached hydrogens (primary N) is 1. The molecular formula is C15H28N2O2. The molecule has 0 bridgehead atoms. The van der Waals surface area contributed by atoms with Crippen LogP contribution in [0.4, 0.5) is 4.79 Å². The van der Waals surface area contributed by atoms with Gasteiger partial charge in [0, 0.05) is 13.1 Å². The maximum atomic E-state index is 12.1. The Balaban J connectivity index is 1.93. The van der Waals surface area contributed by atoms with Crippen molar-refractivity contribution in [2.24, 2.45) is 17.1 Å². The van der Waals surface area contributed by atoms with Crippen LogP contribution in [-0.4, -0.2) is 36.2 Å². The summed E-state index contributed by atoms with van der Waals surface area (Å²) in [6.45, 7) is 8.24. The summed E-state index contributed by atoms with van der Waals surface area (Å²) in [6, 6.07) is 0. The van der Waals surface area contributed by atoms with Crippen LogP contribution in [0, 0.1) is 11.3 Å². The monoisotopic (exact) mass is 268 g/mol. The molecule has 110 valence electrons. The second-order valence-electron chi connectivity index (χ2n) is 7.35. The Morgan fingerprint density at radius 1 is 1.42 bits per heavy atom. The minimum atomic E-state index is -0.404. The molecule has 2 fully saturated rings. The Labute approximate surface area is 116 Å². The van der Waals surface area contributed by atoms with Crippen molar-refractivity contribution in [3.63, 3.8) is 0 Å². The largest absolute Gasteiger partial charge is 0.444 e. The van der Waals surface area contributed by atoms with Crippen LogP contribution in [0.15, 0.2) is 0 Å². The number of hydrogen-bond donors (Lipinski definition) is 1. The molecule has 2 unspecified atom stereocenters. The van der Waals surface area contributed by atoms with E-state index in [1.165, 1.54) is 25.7 Å². The molecule has 1 aliphatic heterocycles. The molecule has 1 heterocycles. The normalized spacial score (nSPS) is 31.8. The molecule has 4 heteroatoms. The highest BCUT2D eigenvalue weighted by Gasteiger charge is 2.43. The number of amides is 1. The van der Waals surface area contributed by atoms with Crippen molar-refractivity contribution in [2.45, 2.75) is 58.5 Å². The first-order valence-corrected chi connectivity index (χ1v) is 7.52. The summed E-state index contributed by atoms with van der Waals surface area (Å²) in [6.07, 6.45) is 5.89. The van der Waals surface area contributed by atoms with Gasteiger partial charge in [-0.05, 0) is 64.3 Å². The molecule has 0 aromatic heterocycles. The van der Waals surface area contributed by atoms with Gasteiger partial charge < -0.3 is 15.4 Å². The summed E-state index contributed by atoms with van der Waals surface area (Å²) in [5.74, 6) is 0.646. The number of carbonyl (C=O) groups excluding carboxylic acids is 1. The Morgan fingerprint density at radius 2 is 2.16 bits per heavy atom. The van der Waals surface area contributed by atoms with Gasteiger partial charge >= 0.3 is 6.09 Å². The number of ether oxygens (including phenoxy) is 1.